The topological polar surface area (TPSA) is 57.6 Å². The van der Waals surface area contributed by atoms with E-state index in [1.165, 1.54) is 0 Å². The lowest BCUT2D eigenvalue weighted by Gasteiger charge is -2.21. The predicted octanol–water partition coefficient (Wildman–Crippen LogP) is 3.33. The van der Waals surface area contributed by atoms with E-state index in [1.54, 1.807) is 12.3 Å². The van der Waals surface area contributed by atoms with Gasteiger partial charge in [-0.1, -0.05) is 32.0 Å². The average molecular weight is 334 g/mol. The van der Waals surface area contributed by atoms with Crippen LogP contribution in [0.15, 0.2) is 47.6 Å². The molecule has 0 spiro atoms. The molecule has 3 heterocycles. The number of benzene rings is 1. The van der Waals surface area contributed by atoms with Crippen LogP contribution in [0.4, 0.5) is 11.5 Å². The summed E-state index contributed by atoms with van der Waals surface area (Å²) in [5.74, 6) is 1.44. The fraction of sp³-hybridized carbons (Fsp3) is 0.350. The van der Waals surface area contributed by atoms with Gasteiger partial charge < -0.3 is 10.2 Å². The molecule has 1 amide bonds. The Morgan fingerprint density at radius 1 is 1.24 bits per heavy atom. The number of anilines is 1. The lowest BCUT2D eigenvalue weighted by molar-refractivity contribution is 0.0976. The fourth-order valence-corrected chi connectivity index (χ4v) is 3.45. The standard InChI is InChI=1S/C20H22N4O/c1-20(2)8-10-24(13-20)18-12-15(7-9-21-18)19(25)23-17-11-14-5-3-4-6-16(14)22-17/h3-7,9,12H,8,10-11,13H2,1-2H3,(H,22,23,25). The summed E-state index contributed by atoms with van der Waals surface area (Å²) in [6.07, 6.45) is 3.51. The minimum Gasteiger partial charge on any atom is -0.356 e. The molecule has 0 atom stereocenters. The number of hydrogen-bond acceptors (Lipinski definition) is 4. The van der Waals surface area contributed by atoms with E-state index >= 15 is 0 Å². The van der Waals surface area contributed by atoms with Crippen LogP contribution in [-0.2, 0) is 6.42 Å². The number of para-hydroxylation sites is 1. The second-order valence-corrected chi connectivity index (χ2v) is 7.56. The maximum Gasteiger partial charge on any atom is 0.256 e. The van der Waals surface area contributed by atoms with Crippen molar-refractivity contribution < 1.29 is 4.79 Å². The van der Waals surface area contributed by atoms with Crippen molar-refractivity contribution in [3.8, 4) is 0 Å². The Kier molecular flexibility index (Phi) is 3.79. The molecule has 2 aliphatic rings. The van der Waals surface area contributed by atoms with Gasteiger partial charge in [0.2, 0.25) is 0 Å². The first-order valence-electron chi connectivity index (χ1n) is 8.68. The molecule has 1 N–H and O–H groups in total. The number of nitrogens with zero attached hydrogens (tertiary/aromatic N) is 3. The number of carbonyl (C=O) groups excluding carboxylic acids is 1. The van der Waals surface area contributed by atoms with E-state index in [4.69, 9.17) is 0 Å². The Morgan fingerprint density at radius 2 is 2.08 bits per heavy atom. The van der Waals surface area contributed by atoms with E-state index in [-0.39, 0.29) is 5.91 Å². The zero-order valence-electron chi connectivity index (χ0n) is 14.6. The SMILES string of the molecule is CC1(C)CCN(c2cc(C(=O)NC3=Nc4ccccc4C3)ccn2)C1. The number of pyridine rings is 1. The summed E-state index contributed by atoms with van der Waals surface area (Å²) in [6.45, 7) is 6.47. The van der Waals surface area contributed by atoms with Gasteiger partial charge in [-0.3, -0.25) is 4.79 Å². The third-order valence-electron chi connectivity index (χ3n) is 4.87. The molecule has 2 aromatic rings. The third kappa shape index (κ3) is 3.27. The lowest BCUT2D eigenvalue weighted by atomic mass is 9.93. The van der Waals surface area contributed by atoms with Gasteiger partial charge >= 0.3 is 0 Å². The molecular formula is C20H22N4O. The summed E-state index contributed by atoms with van der Waals surface area (Å²) >= 11 is 0. The highest BCUT2D eigenvalue weighted by Gasteiger charge is 2.30. The van der Waals surface area contributed by atoms with Gasteiger partial charge in [0, 0.05) is 31.3 Å². The summed E-state index contributed by atoms with van der Waals surface area (Å²) in [7, 11) is 0. The van der Waals surface area contributed by atoms with Crippen molar-refractivity contribution in [3.63, 3.8) is 0 Å². The number of amides is 1. The van der Waals surface area contributed by atoms with Crippen molar-refractivity contribution in [1.82, 2.24) is 10.3 Å². The molecule has 128 valence electrons. The third-order valence-corrected chi connectivity index (χ3v) is 4.87. The smallest absolute Gasteiger partial charge is 0.256 e. The maximum absolute atomic E-state index is 12.6. The zero-order chi connectivity index (χ0) is 17.4. The highest BCUT2D eigenvalue weighted by Crippen LogP contribution is 2.31. The van der Waals surface area contributed by atoms with Crippen LogP contribution in [0.5, 0.6) is 0 Å². The first-order chi connectivity index (χ1) is 12.0. The second kappa shape index (κ2) is 5.99. The molecule has 0 bridgehead atoms. The van der Waals surface area contributed by atoms with Gasteiger partial charge in [0.05, 0.1) is 5.69 Å². The normalized spacial score (nSPS) is 18.0. The monoisotopic (exact) mass is 334 g/mol. The van der Waals surface area contributed by atoms with Crippen molar-refractivity contribution in [2.24, 2.45) is 10.4 Å². The van der Waals surface area contributed by atoms with E-state index < -0.39 is 0 Å². The van der Waals surface area contributed by atoms with Gasteiger partial charge in [-0.05, 0) is 35.6 Å². The Bertz CT molecular complexity index is 856. The van der Waals surface area contributed by atoms with E-state index in [1.807, 2.05) is 30.3 Å². The molecule has 5 nitrogen and oxygen atoms in total. The van der Waals surface area contributed by atoms with E-state index in [0.29, 0.717) is 23.2 Å². The Labute approximate surface area is 147 Å². The van der Waals surface area contributed by atoms with Crippen LogP contribution in [0.2, 0.25) is 0 Å². The quantitative estimate of drug-likeness (QED) is 0.916. The first-order valence-corrected chi connectivity index (χ1v) is 8.68. The van der Waals surface area contributed by atoms with Gasteiger partial charge in [0.1, 0.15) is 11.7 Å². The van der Waals surface area contributed by atoms with Crippen molar-refractivity contribution in [3.05, 3.63) is 53.7 Å². The van der Waals surface area contributed by atoms with Crippen LogP contribution in [0, 0.1) is 5.41 Å². The summed E-state index contributed by atoms with van der Waals surface area (Å²) < 4.78 is 0. The molecule has 0 saturated carbocycles. The lowest BCUT2D eigenvalue weighted by Crippen LogP contribution is -2.31. The molecule has 0 unspecified atom stereocenters. The average Bonchev–Trinajstić information content (AvgIpc) is 3.17. The number of nitrogens with one attached hydrogen (secondary N) is 1. The maximum atomic E-state index is 12.6. The van der Waals surface area contributed by atoms with Crippen molar-refractivity contribution in [1.29, 1.82) is 0 Å². The number of aliphatic imine (C=N–C) groups is 1. The molecule has 25 heavy (non-hydrogen) atoms. The van der Waals surface area contributed by atoms with Crippen molar-refractivity contribution >= 4 is 23.2 Å². The molecule has 0 radical (unpaired) electrons. The molecule has 1 aromatic heterocycles. The van der Waals surface area contributed by atoms with Gasteiger partial charge in [-0.15, -0.1) is 0 Å². The molecule has 0 aliphatic carbocycles. The van der Waals surface area contributed by atoms with Gasteiger partial charge in [0.15, 0.2) is 0 Å². The van der Waals surface area contributed by atoms with Crippen LogP contribution >= 0.6 is 0 Å². The summed E-state index contributed by atoms with van der Waals surface area (Å²) in [6, 6.07) is 11.6. The van der Waals surface area contributed by atoms with Crippen LogP contribution in [0.3, 0.4) is 0 Å². The van der Waals surface area contributed by atoms with Gasteiger partial charge in [-0.2, -0.15) is 0 Å². The number of carbonyl (C=O) groups is 1. The number of hydrogen-bond donors (Lipinski definition) is 1. The first kappa shape index (κ1) is 15.8. The van der Waals surface area contributed by atoms with Crippen LogP contribution < -0.4 is 10.2 Å². The van der Waals surface area contributed by atoms with E-state index in [9.17, 15) is 4.79 Å². The van der Waals surface area contributed by atoms with Crippen LogP contribution in [0.1, 0.15) is 36.2 Å². The fourth-order valence-electron chi connectivity index (χ4n) is 3.45. The molecule has 1 fully saturated rings. The summed E-state index contributed by atoms with van der Waals surface area (Å²) in [5, 5.41) is 2.94. The van der Waals surface area contributed by atoms with Crippen molar-refractivity contribution in [2.45, 2.75) is 26.7 Å². The highest BCUT2D eigenvalue weighted by atomic mass is 16.1. The molecule has 1 aromatic carbocycles. The largest absolute Gasteiger partial charge is 0.356 e. The summed E-state index contributed by atoms with van der Waals surface area (Å²) in [4.78, 5) is 23.8. The van der Waals surface area contributed by atoms with E-state index in [2.05, 4.69) is 34.0 Å². The molecule has 2 aliphatic heterocycles. The number of fused-ring (bicyclic) bond motifs is 1. The molecule has 5 heteroatoms. The predicted molar refractivity (Wildman–Crippen MR) is 99.6 cm³/mol. The Balaban J connectivity index is 1.48. The van der Waals surface area contributed by atoms with Crippen LogP contribution in [-0.4, -0.2) is 29.8 Å². The number of rotatable bonds is 2. The van der Waals surface area contributed by atoms with Gasteiger partial charge in [0.25, 0.3) is 5.91 Å². The Morgan fingerprint density at radius 3 is 2.84 bits per heavy atom. The Hall–Kier alpha value is -2.69. The molecule has 1 saturated heterocycles. The van der Waals surface area contributed by atoms with Gasteiger partial charge in [-0.25, -0.2) is 9.98 Å². The highest BCUT2D eigenvalue weighted by molar-refractivity contribution is 6.09. The summed E-state index contributed by atoms with van der Waals surface area (Å²) in [5.41, 5.74) is 3.00. The zero-order valence-corrected chi connectivity index (χ0v) is 14.6. The minimum atomic E-state index is -0.131. The van der Waals surface area contributed by atoms with Crippen molar-refractivity contribution in [2.75, 3.05) is 18.0 Å². The minimum absolute atomic E-state index is 0.131. The number of amidine groups is 1. The van der Waals surface area contributed by atoms with Crippen LogP contribution in [0.25, 0.3) is 0 Å². The second-order valence-electron chi connectivity index (χ2n) is 7.56. The molecule has 4 rings (SSSR count). The number of aromatic nitrogens is 1. The molecular weight excluding hydrogens is 312 g/mol. The van der Waals surface area contributed by atoms with E-state index in [0.717, 1.165) is 36.6 Å².